The first-order valence-corrected chi connectivity index (χ1v) is 14.2. The molecule has 2 aliphatic heterocycles. The zero-order chi connectivity index (χ0) is 31.7. The molecule has 0 unspecified atom stereocenters. The molecule has 2 amide bonds. The highest BCUT2D eigenvalue weighted by Crippen LogP contribution is 2.27. The van der Waals surface area contributed by atoms with E-state index >= 15 is 0 Å². The average Bonchev–Trinajstić information content (AvgIpc) is 2.97. The molecule has 232 valence electrons. The van der Waals surface area contributed by atoms with E-state index < -0.39 is 12.1 Å². The van der Waals surface area contributed by atoms with Crippen LogP contribution in [0.2, 0.25) is 0 Å². The number of carbonyl (C=O) groups excluding carboxylic acids is 2. The van der Waals surface area contributed by atoms with Crippen molar-refractivity contribution in [2.24, 2.45) is 0 Å². The third kappa shape index (κ3) is 9.87. The molecule has 2 aliphatic rings. The summed E-state index contributed by atoms with van der Waals surface area (Å²) in [6.07, 6.45) is -2.26. The van der Waals surface area contributed by atoms with E-state index in [1.165, 1.54) is 11.8 Å². The number of likely N-dealkylation sites (N-methyl/N-ethyl adjacent to an activating group) is 1. The van der Waals surface area contributed by atoms with Crippen LogP contribution in [-0.4, -0.2) is 106 Å². The van der Waals surface area contributed by atoms with E-state index in [1.54, 1.807) is 16.8 Å². The normalized spacial score (nSPS) is 16.4. The highest BCUT2D eigenvalue weighted by atomic mass is 79.9. The Kier molecular flexibility index (Phi) is 11.8. The molecule has 0 spiro atoms. The molecule has 2 saturated heterocycles. The number of alkyl halides is 3. The van der Waals surface area contributed by atoms with E-state index in [0.717, 1.165) is 32.7 Å². The smallest absolute Gasteiger partial charge is 0.475 e. The number of hydrogen-bond donors (Lipinski definition) is 2. The van der Waals surface area contributed by atoms with Crippen LogP contribution in [0.3, 0.4) is 0 Å². The predicted octanol–water partition coefficient (Wildman–Crippen LogP) is 2.65. The molecule has 1 aromatic carbocycles. The van der Waals surface area contributed by atoms with Gasteiger partial charge >= 0.3 is 12.1 Å². The number of amides is 2. The van der Waals surface area contributed by atoms with Crippen molar-refractivity contribution in [2.45, 2.75) is 38.5 Å². The molecular formula is C27H32BrF3N8O4. The lowest BCUT2D eigenvalue weighted by Gasteiger charge is -2.39. The maximum absolute atomic E-state index is 13.3. The number of carboxylic acid groups (broad SMARTS) is 1. The molecule has 2 N–H and O–H groups in total. The predicted molar refractivity (Wildman–Crippen MR) is 153 cm³/mol. The van der Waals surface area contributed by atoms with Gasteiger partial charge in [0.05, 0.1) is 10.5 Å². The first-order valence-electron chi connectivity index (χ1n) is 13.4. The van der Waals surface area contributed by atoms with Crippen molar-refractivity contribution < 1.29 is 32.7 Å². The topological polar surface area (TPSA) is 146 Å². The molecule has 0 atom stereocenters. The zero-order valence-corrected chi connectivity index (χ0v) is 25.2. The Morgan fingerprint density at radius 3 is 2.21 bits per heavy atom. The summed E-state index contributed by atoms with van der Waals surface area (Å²) >= 11 is 3.47. The number of benzene rings is 1. The summed E-state index contributed by atoms with van der Waals surface area (Å²) in [6.45, 7) is 7.79. The number of piperidine rings is 1. The van der Waals surface area contributed by atoms with Gasteiger partial charge in [0, 0.05) is 64.5 Å². The van der Waals surface area contributed by atoms with E-state index in [4.69, 9.17) is 9.90 Å². The van der Waals surface area contributed by atoms with Crippen LogP contribution >= 0.6 is 15.9 Å². The molecule has 3 heterocycles. The number of carboxylic acids is 1. The lowest BCUT2D eigenvalue weighted by Crippen LogP contribution is -2.54. The van der Waals surface area contributed by atoms with Gasteiger partial charge < -0.3 is 14.9 Å². The van der Waals surface area contributed by atoms with E-state index in [-0.39, 0.29) is 23.7 Å². The van der Waals surface area contributed by atoms with Crippen LogP contribution in [0.4, 0.5) is 19.0 Å². The SMILES string of the molecule is CC(=O)N1CCC(N(NC(=O)c2ccc(CN3CCN(C)CC3)cc2)c2nc(C#N)ncc2Br)CC1.O=C(O)C(F)(F)F. The number of carbonyl (C=O) groups is 3. The van der Waals surface area contributed by atoms with E-state index in [2.05, 4.69) is 48.2 Å². The Balaban J connectivity index is 0.000000646. The van der Waals surface area contributed by atoms with Gasteiger partial charge in [-0.1, -0.05) is 12.1 Å². The highest BCUT2D eigenvalue weighted by Gasteiger charge is 2.38. The standard InChI is InChI=1S/C25H31BrN8O2.C2HF3O2/c1-18(35)33-9-7-21(8-10-33)34(24-22(26)16-28-23(15-27)29-24)30-25(36)20-5-3-19(4-6-20)17-32-13-11-31(2)12-14-32;3-2(4,5)1(6)7/h3-6,16,21H,7-14,17H2,1-2H3,(H,30,36);(H,6,7). The lowest BCUT2D eigenvalue weighted by atomic mass is 10.0. The molecule has 4 rings (SSSR count). The van der Waals surface area contributed by atoms with Gasteiger partial charge in [0.1, 0.15) is 6.07 Å². The first kappa shape index (κ1) is 33.7. The third-order valence-electron chi connectivity index (χ3n) is 7.01. The Labute approximate surface area is 255 Å². The highest BCUT2D eigenvalue weighted by molar-refractivity contribution is 9.10. The fraction of sp³-hybridized carbons (Fsp3) is 0.481. The van der Waals surface area contributed by atoms with Crippen molar-refractivity contribution in [3.63, 3.8) is 0 Å². The van der Waals surface area contributed by atoms with Crippen molar-refractivity contribution in [3.8, 4) is 6.07 Å². The van der Waals surface area contributed by atoms with Crippen LogP contribution < -0.4 is 10.4 Å². The molecular weight excluding hydrogens is 637 g/mol. The quantitative estimate of drug-likeness (QED) is 0.441. The monoisotopic (exact) mass is 668 g/mol. The zero-order valence-electron chi connectivity index (χ0n) is 23.6. The number of anilines is 1. The second-order valence-electron chi connectivity index (χ2n) is 10.1. The summed E-state index contributed by atoms with van der Waals surface area (Å²) in [5.74, 6) is -2.55. The van der Waals surface area contributed by atoms with E-state index in [9.17, 15) is 28.0 Å². The van der Waals surface area contributed by atoms with Gasteiger partial charge in [0.15, 0.2) is 5.82 Å². The van der Waals surface area contributed by atoms with Crippen LogP contribution in [0.1, 0.15) is 41.5 Å². The number of hydrazine groups is 1. The minimum absolute atomic E-state index is 0.0156. The molecule has 1 aromatic heterocycles. The van der Waals surface area contributed by atoms with Crippen LogP contribution in [0.25, 0.3) is 0 Å². The van der Waals surface area contributed by atoms with Crippen LogP contribution in [-0.2, 0) is 16.1 Å². The van der Waals surface area contributed by atoms with E-state index in [1.807, 2.05) is 30.3 Å². The average molecular weight is 670 g/mol. The second-order valence-corrected chi connectivity index (χ2v) is 11.0. The summed E-state index contributed by atoms with van der Waals surface area (Å²) < 4.78 is 32.3. The fourth-order valence-electron chi connectivity index (χ4n) is 4.54. The molecule has 2 fully saturated rings. The van der Waals surface area contributed by atoms with Crippen LogP contribution in [0.5, 0.6) is 0 Å². The molecule has 0 radical (unpaired) electrons. The summed E-state index contributed by atoms with van der Waals surface area (Å²) in [6, 6.07) is 9.54. The number of aromatic nitrogens is 2. The maximum Gasteiger partial charge on any atom is 0.490 e. The number of nitriles is 1. The number of halogens is 4. The Morgan fingerprint density at radius 1 is 1.12 bits per heavy atom. The largest absolute Gasteiger partial charge is 0.490 e. The van der Waals surface area contributed by atoms with Gasteiger partial charge in [-0.2, -0.15) is 23.4 Å². The van der Waals surface area contributed by atoms with Gasteiger partial charge in [-0.05, 0) is 53.5 Å². The van der Waals surface area contributed by atoms with Gasteiger partial charge in [0.25, 0.3) is 5.91 Å². The van der Waals surface area contributed by atoms with Crippen molar-refractivity contribution in [1.29, 1.82) is 5.26 Å². The first-order chi connectivity index (χ1) is 20.3. The van der Waals surface area contributed by atoms with Crippen LogP contribution in [0, 0.1) is 11.3 Å². The molecule has 0 aliphatic carbocycles. The third-order valence-corrected chi connectivity index (χ3v) is 7.57. The number of rotatable bonds is 6. The van der Waals surface area contributed by atoms with E-state index in [0.29, 0.717) is 41.8 Å². The Morgan fingerprint density at radius 2 is 1.70 bits per heavy atom. The van der Waals surface area contributed by atoms with Gasteiger partial charge in [-0.3, -0.25) is 24.9 Å². The van der Waals surface area contributed by atoms with Gasteiger partial charge in [-0.25, -0.2) is 9.78 Å². The van der Waals surface area contributed by atoms with Crippen molar-refractivity contribution >= 4 is 39.5 Å². The summed E-state index contributed by atoms with van der Waals surface area (Å²) in [5.41, 5.74) is 4.71. The molecule has 16 heteroatoms. The van der Waals surface area contributed by atoms with Crippen molar-refractivity contribution in [3.05, 3.63) is 51.9 Å². The van der Waals surface area contributed by atoms with Crippen molar-refractivity contribution in [2.75, 3.05) is 51.3 Å². The molecule has 0 bridgehead atoms. The van der Waals surface area contributed by atoms with Crippen molar-refractivity contribution in [1.82, 2.24) is 30.1 Å². The minimum Gasteiger partial charge on any atom is -0.475 e. The summed E-state index contributed by atoms with van der Waals surface area (Å²) in [4.78, 5) is 48.9. The molecule has 2 aromatic rings. The molecule has 43 heavy (non-hydrogen) atoms. The van der Waals surface area contributed by atoms with Gasteiger partial charge in [0.2, 0.25) is 11.7 Å². The molecule has 12 nitrogen and oxygen atoms in total. The number of nitrogens with zero attached hydrogens (tertiary/aromatic N) is 7. The number of nitrogens with one attached hydrogen (secondary N) is 1. The number of piperazine rings is 1. The van der Waals surface area contributed by atoms with Crippen LogP contribution in [0.15, 0.2) is 34.9 Å². The number of hydrogen-bond acceptors (Lipinski definition) is 9. The lowest BCUT2D eigenvalue weighted by molar-refractivity contribution is -0.192. The Hall–Kier alpha value is -3.81. The number of aliphatic carboxylic acids is 1. The maximum atomic E-state index is 13.3. The fourth-order valence-corrected chi connectivity index (χ4v) is 4.92. The number of likely N-dealkylation sites (tertiary alicyclic amines) is 1. The summed E-state index contributed by atoms with van der Waals surface area (Å²) in [7, 11) is 2.14. The Bertz CT molecular complexity index is 1320. The summed E-state index contributed by atoms with van der Waals surface area (Å²) in [5, 5.41) is 18.1. The molecule has 0 saturated carbocycles. The minimum atomic E-state index is -5.08. The second kappa shape index (κ2) is 15.1. The van der Waals surface area contributed by atoms with Gasteiger partial charge in [-0.15, -0.1) is 0 Å².